The predicted octanol–water partition coefficient (Wildman–Crippen LogP) is 3.80. The van der Waals surface area contributed by atoms with Crippen LogP contribution in [0.25, 0.3) is 5.69 Å². The summed E-state index contributed by atoms with van der Waals surface area (Å²) in [7, 11) is 0. The fourth-order valence-corrected chi connectivity index (χ4v) is 3.40. The van der Waals surface area contributed by atoms with Crippen molar-refractivity contribution in [1.82, 2.24) is 9.78 Å². The Morgan fingerprint density at radius 1 is 1.08 bits per heavy atom. The molecule has 0 fully saturated rings. The van der Waals surface area contributed by atoms with Crippen LogP contribution < -0.4 is 0 Å². The summed E-state index contributed by atoms with van der Waals surface area (Å²) in [5.41, 5.74) is 4.58. The van der Waals surface area contributed by atoms with E-state index in [1.807, 2.05) is 48.0 Å². The standard InChI is InChI=1S/C20H18N2O2/c1-13-6-8-15(9-7-13)22-18-10-14(11-20(24)17(18)12-21-22)16-4-2-3-5-19(16)23/h2-9,12,14,23H,10-11H2,1H3/t14-/m0/s1. The molecule has 3 aromatic rings. The lowest BCUT2D eigenvalue weighted by molar-refractivity contribution is 0.0963. The first-order chi connectivity index (χ1) is 11.6. The Bertz CT molecular complexity index is 910. The lowest BCUT2D eigenvalue weighted by atomic mass is 9.82. The minimum Gasteiger partial charge on any atom is -0.508 e. The first kappa shape index (κ1) is 14.7. The Labute approximate surface area is 140 Å². The maximum atomic E-state index is 12.5. The van der Waals surface area contributed by atoms with Gasteiger partial charge >= 0.3 is 0 Å². The molecule has 1 heterocycles. The second-order valence-electron chi connectivity index (χ2n) is 6.34. The van der Waals surface area contributed by atoms with Crippen LogP contribution in [-0.2, 0) is 6.42 Å². The van der Waals surface area contributed by atoms with Crippen molar-refractivity contribution >= 4 is 5.78 Å². The Balaban J connectivity index is 1.76. The number of fused-ring (bicyclic) bond motifs is 1. The van der Waals surface area contributed by atoms with E-state index in [1.165, 1.54) is 5.56 Å². The number of ketones is 1. The third-order valence-electron chi connectivity index (χ3n) is 4.70. The fraction of sp³-hybridized carbons (Fsp3) is 0.200. The Morgan fingerprint density at radius 2 is 1.83 bits per heavy atom. The van der Waals surface area contributed by atoms with Gasteiger partial charge in [0.2, 0.25) is 0 Å². The number of aromatic nitrogens is 2. The van der Waals surface area contributed by atoms with Crippen molar-refractivity contribution in [2.45, 2.75) is 25.7 Å². The van der Waals surface area contributed by atoms with Gasteiger partial charge in [0.25, 0.3) is 0 Å². The quantitative estimate of drug-likeness (QED) is 0.782. The number of aromatic hydroxyl groups is 1. The SMILES string of the molecule is Cc1ccc(-n2ncc3c2C[C@H](c2ccccc2O)CC3=O)cc1. The second-order valence-corrected chi connectivity index (χ2v) is 6.34. The molecule has 0 radical (unpaired) electrons. The van der Waals surface area contributed by atoms with Crippen LogP contribution in [-0.4, -0.2) is 20.7 Å². The summed E-state index contributed by atoms with van der Waals surface area (Å²) in [6.07, 6.45) is 2.76. The fourth-order valence-electron chi connectivity index (χ4n) is 3.40. The monoisotopic (exact) mass is 318 g/mol. The molecule has 0 bridgehead atoms. The highest BCUT2D eigenvalue weighted by Crippen LogP contribution is 2.37. The summed E-state index contributed by atoms with van der Waals surface area (Å²) >= 11 is 0. The number of benzene rings is 2. The van der Waals surface area contributed by atoms with Gasteiger partial charge in [0.05, 0.1) is 23.1 Å². The molecule has 0 unspecified atom stereocenters. The molecule has 4 heteroatoms. The summed E-state index contributed by atoms with van der Waals surface area (Å²) in [6.45, 7) is 2.04. The number of phenolic OH excluding ortho intramolecular Hbond substituents is 1. The van der Waals surface area contributed by atoms with E-state index in [-0.39, 0.29) is 17.5 Å². The summed E-state index contributed by atoms with van der Waals surface area (Å²) < 4.78 is 1.85. The van der Waals surface area contributed by atoms with Crippen molar-refractivity contribution in [2.75, 3.05) is 0 Å². The van der Waals surface area contributed by atoms with E-state index in [4.69, 9.17) is 0 Å². The van der Waals surface area contributed by atoms with Gasteiger partial charge in [0.1, 0.15) is 5.75 Å². The number of phenols is 1. The van der Waals surface area contributed by atoms with Gasteiger partial charge in [-0.2, -0.15) is 5.10 Å². The summed E-state index contributed by atoms with van der Waals surface area (Å²) in [5, 5.41) is 14.6. The van der Waals surface area contributed by atoms with Gasteiger partial charge in [-0.25, -0.2) is 4.68 Å². The van der Waals surface area contributed by atoms with E-state index in [2.05, 4.69) is 5.10 Å². The molecule has 1 aliphatic rings. The molecular weight excluding hydrogens is 300 g/mol. The van der Waals surface area contributed by atoms with Crippen LogP contribution in [0.3, 0.4) is 0 Å². The molecule has 0 amide bonds. The summed E-state index contributed by atoms with van der Waals surface area (Å²) in [6, 6.07) is 15.4. The van der Waals surface area contributed by atoms with Gasteiger partial charge in [-0.05, 0) is 37.1 Å². The highest BCUT2D eigenvalue weighted by Gasteiger charge is 2.31. The van der Waals surface area contributed by atoms with Crippen LogP contribution >= 0.6 is 0 Å². The van der Waals surface area contributed by atoms with Gasteiger partial charge in [0, 0.05) is 12.3 Å². The zero-order valence-electron chi connectivity index (χ0n) is 13.4. The minimum absolute atomic E-state index is 0.0212. The molecule has 24 heavy (non-hydrogen) atoms. The molecule has 1 aromatic heterocycles. The van der Waals surface area contributed by atoms with Crippen molar-refractivity contribution in [3.8, 4) is 11.4 Å². The molecule has 4 nitrogen and oxygen atoms in total. The molecule has 1 N–H and O–H groups in total. The summed E-state index contributed by atoms with van der Waals surface area (Å²) in [5.74, 6) is 0.315. The van der Waals surface area contributed by atoms with Crippen molar-refractivity contribution in [1.29, 1.82) is 0 Å². The minimum atomic E-state index is -0.0212. The first-order valence-electron chi connectivity index (χ1n) is 8.08. The van der Waals surface area contributed by atoms with Crippen molar-refractivity contribution in [2.24, 2.45) is 0 Å². The highest BCUT2D eigenvalue weighted by atomic mass is 16.3. The van der Waals surface area contributed by atoms with Gasteiger partial charge in [-0.15, -0.1) is 0 Å². The highest BCUT2D eigenvalue weighted by molar-refractivity contribution is 5.98. The molecule has 1 atom stereocenters. The molecule has 2 aromatic carbocycles. The molecule has 0 spiro atoms. The van der Waals surface area contributed by atoms with Crippen LogP contribution in [0.1, 0.15) is 39.5 Å². The van der Waals surface area contributed by atoms with Gasteiger partial charge in [-0.1, -0.05) is 35.9 Å². The van der Waals surface area contributed by atoms with E-state index < -0.39 is 0 Å². The number of carbonyl (C=O) groups excluding carboxylic acids is 1. The normalized spacial score (nSPS) is 16.9. The second kappa shape index (κ2) is 5.64. The van der Waals surface area contributed by atoms with Crippen LogP contribution in [0.4, 0.5) is 0 Å². The van der Waals surface area contributed by atoms with Crippen molar-refractivity contribution in [3.63, 3.8) is 0 Å². The smallest absolute Gasteiger partial charge is 0.166 e. The third-order valence-corrected chi connectivity index (χ3v) is 4.70. The maximum Gasteiger partial charge on any atom is 0.166 e. The average Bonchev–Trinajstić information content (AvgIpc) is 3.00. The van der Waals surface area contributed by atoms with Crippen LogP contribution in [0.2, 0.25) is 0 Å². The molecule has 0 saturated carbocycles. The number of nitrogens with zero attached hydrogens (tertiary/aromatic N) is 2. The summed E-state index contributed by atoms with van der Waals surface area (Å²) in [4.78, 5) is 12.5. The third kappa shape index (κ3) is 2.40. The zero-order valence-corrected chi connectivity index (χ0v) is 13.4. The van der Waals surface area contributed by atoms with Crippen molar-refractivity contribution < 1.29 is 9.90 Å². The Hall–Kier alpha value is -2.88. The number of Topliss-reactive ketones (excluding diaryl/α,β-unsaturated/α-hetero) is 1. The number of hydrogen-bond acceptors (Lipinski definition) is 3. The number of aryl methyl sites for hydroxylation is 1. The lowest BCUT2D eigenvalue weighted by Crippen LogP contribution is -2.20. The lowest BCUT2D eigenvalue weighted by Gasteiger charge is -2.23. The molecule has 0 saturated heterocycles. The number of para-hydroxylation sites is 1. The Kier molecular flexibility index (Phi) is 3.45. The number of hydrogen-bond donors (Lipinski definition) is 1. The average molecular weight is 318 g/mol. The van der Waals surface area contributed by atoms with E-state index >= 15 is 0 Å². The van der Waals surface area contributed by atoms with E-state index in [0.717, 1.165) is 16.9 Å². The maximum absolute atomic E-state index is 12.5. The van der Waals surface area contributed by atoms with Gasteiger partial charge < -0.3 is 5.11 Å². The van der Waals surface area contributed by atoms with E-state index in [0.29, 0.717) is 18.4 Å². The molecule has 120 valence electrons. The predicted molar refractivity (Wildman–Crippen MR) is 91.8 cm³/mol. The molecular formula is C20H18N2O2. The largest absolute Gasteiger partial charge is 0.508 e. The Morgan fingerprint density at radius 3 is 2.58 bits per heavy atom. The first-order valence-corrected chi connectivity index (χ1v) is 8.08. The molecule has 4 rings (SSSR count). The number of rotatable bonds is 2. The van der Waals surface area contributed by atoms with Crippen LogP contribution in [0.5, 0.6) is 5.75 Å². The van der Waals surface area contributed by atoms with E-state index in [9.17, 15) is 9.90 Å². The zero-order chi connectivity index (χ0) is 16.7. The van der Waals surface area contributed by atoms with E-state index in [1.54, 1.807) is 18.3 Å². The van der Waals surface area contributed by atoms with Gasteiger partial charge in [0.15, 0.2) is 5.78 Å². The van der Waals surface area contributed by atoms with Crippen LogP contribution in [0.15, 0.2) is 54.7 Å². The molecule has 1 aliphatic carbocycles. The van der Waals surface area contributed by atoms with Crippen molar-refractivity contribution in [3.05, 3.63) is 77.1 Å². The van der Waals surface area contributed by atoms with Gasteiger partial charge in [-0.3, -0.25) is 4.79 Å². The van der Waals surface area contributed by atoms with Crippen LogP contribution in [0, 0.1) is 6.92 Å². The number of carbonyl (C=O) groups is 1. The topological polar surface area (TPSA) is 55.1 Å². The molecule has 0 aliphatic heterocycles.